The molecule has 0 spiro atoms. The second-order valence-corrected chi connectivity index (χ2v) is 13.3. The molecule has 2 saturated heterocycles. The lowest BCUT2D eigenvalue weighted by Gasteiger charge is -2.40. The van der Waals surface area contributed by atoms with Gasteiger partial charge in [0.2, 0.25) is 11.8 Å². The molecule has 8 nitrogen and oxygen atoms in total. The monoisotopic (exact) mass is 538 g/mol. The van der Waals surface area contributed by atoms with Crippen LogP contribution in [0.4, 0.5) is 5.82 Å². The van der Waals surface area contributed by atoms with Crippen LogP contribution in [0, 0.1) is 35.5 Å². The summed E-state index contributed by atoms with van der Waals surface area (Å²) in [7, 11) is 0. The number of piperazine rings is 1. The Bertz CT molecular complexity index is 1230. The molecule has 7 rings (SSSR count). The third kappa shape index (κ3) is 3.92. The van der Waals surface area contributed by atoms with E-state index in [1.165, 1.54) is 16.5 Å². The van der Waals surface area contributed by atoms with Crippen LogP contribution in [0.15, 0.2) is 24.3 Å². The SMILES string of the molecule is O=C1[C@@H]2[C@@H]3C[C@H]([C@@H]2C(=O)N1C[C@@H]1CCCC[C@H]1CN1CCN(c2nsc4ccccc24)CC1)C(O)(CO)C3. The van der Waals surface area contributed by atoms with Crippen LogP contribution in [0.1, 0.15) is 38.5 Å². The molecule has 3 heterocycles. The first-order valence-corrected chi connectivity index (χ1v) is 15.2. The molecular weight excluding hydrogens is 500 g/mol. The third-order valence-electron chi connectivity index (χ3n) is 10.6. The minimum atomic E-state index is -1.20. The van der Waals surface area contributed by atoms with Crippen molar-refractivity contribution in [2.24, 2.45) is 35.5 Å². The van der Waals surface area contributed by atoms with E-state index in [1.807, 2.05) is 0 Å². The molecule has 7 atom stereocenters. The maximum atomic E-state index is 13.5. The summed E-state index contributed by atoms with van der Waals surface area (Å²) in [6, 6.07) is 8.45. The first-order valence-electron chi connectivity index (χ1n) is 14.5. The molecule has 1 unspecified atom stereocenters. The fourth-order valence-corrected chi connectivity index (χ4v) is 9.41. The summed E-state index contributed by atoms with van der Waals surface area (Å²) in [5, 5.41) is 21.9. The number of nitrogens with zero attached hydrogens (tertiary/aromatic N) is 4. The molecule has 38 heavy (non-hydrogen) atoms. The number of fused-ring (bicyclic) bond motifs is 6. The van der Waals surface area contributed by atoms with Crippen molar-refractivity contribution in [3.63, 3.8) is 0 Å². The number of anilines is 1. The van der Waals surface area contributed by atoms with Gasteiger partial charge in [0.1, 0.15) is 5.82 Å². The number of amides is 2. The van der Waals surface area contributed by atoms with Crippen molar-refractivity contribution in [1.82, 2.24) is 14.2 Å². The number of likely N-dealkylation sites (tertiary alicyclic amines) is 1. The van der Waals surface area contributed by atoms with Gasteiger partial charge in [-0.1, -0.05) is 25.0 Å². The number of carbonyl (C=O) groups is 2. The summed E-state index contributed by atoms with van der Waals surface area (Å²) in [6.45, 7) is 5.16. The van der Waals surface area contributed by atoms with Gasteiger partial charge in [-0.2, -0.15) is 4.37 Å². The summed E-state index contributed by atoms with van der Waals surface area (Å²) in [5.41, 5.74) is -1.20. The lowest BCUT2D eigenvalue weighted by Crippen LogP contribution is -2.50. The Kier molecular flexibility index (Phi) is 6.26. The Hall–Kier alpha value is -2.07. The summed E-state index contributed by atoms with van der Waals surface area (Å²) >= 11 is 1.57. The Morgan fingerprint density at radius 2 is 1.68 bits per heavy atom. The molecule has 5 aliphatic rings. The van der Waals surface area contributed by atoms with E-state index < -0.39 is 11.5 Å². The van der Waals surface area contributed by atoms with E-state index in [4.69, 9.17) is 4.37 Å². The minimum absolute atomic E-state index is 0.0130. The standard InChI is InChI=1S/C29H38N4O4S/c34-17-29(37)14-20-13-22(29)25-24(20)27(35)33(28(25)36)16-19-6-2-1-5-18(19)15-31-9-11-32(12-10-31)26-21-7-3-4-8-23(21)38-30-26/h3-4,7-8,18-20,22,24-25,34,37H,1-2,5-6,9-17H2/t18-,19-,20+,22+,24+,25-,29?/m0/s1. The quantitative estimate of drug-likeness (QED) is 0.546. The van der Waals surface area contributed by atoms with Gasteiger partial charge in [-0.3, -0.25) is 19.4 Å². The fraction of sp³-hybridized carbons (Fsp3) is 0.690. The van der Waals surface area contributed by atoms with E-state index in [2.05, 4.69) is 34.1 Å². The summed E-state index contributed by atoms with van der Waals surface area (Å²) < 4.78 is 5.98. The first-order chi connectivity index (χ1) is 18.5. The van der Waals surface area contributed by atoms with Crippen LogP contribution in [0.2, 0.25) is 0 Å². The summed E-state index contributed by atoms with van der Waals surface area (Å²) in [6.07, 6.45) is 5.72. The van der Waals surface area contributed by atoms with Crippen LogP contribution in [0.5, 0.6) is 0 Å². The zero-order valence-corrected chi connectivity index (χ0v) is 22.7. The van der Waals surface area contributed by atoms with Gasteiger partial charge in [0.05, 0.1) is 28.7 Å². The zero-order valence-electron chi connectivity index (χ0n) is 21.9. The molecule has 2 bridgehead atoms. The van der Waals surface area contributed by atoms with Gasteiger partial charge in [-0.15, -0.1) is 0 Å². The third-order valence-corrected chi connectivity index (χ3v) is 11.4. The van der Waals surface area contributed by atoms with Gasteiger partial charge >= 0.3 is 0 Å². The van der Waals surface area contributed by atoms with Crippen molar-refractivity contribution in [1.29, 1.82) is 0 Å². The number of imide groups is 1. The van der Waals surface area contributed by atoms with Gasteiger partial charge in [-0.05, 0) is 67.1 Å². The van der Waals surface area contributed by atoms with Gasteiger partial charge < -0.3 is 15.1 Å². The molecule has 2 N–H and O–H groups in total. The highest BCUT2D eigenvalue weighted by Gasteiger charge is 2.68. The average Bonchev–Trinajstić information content (AvgIpc) is 3.68. The van der Waals surface area contributed by atoms with Crippen molar-refractivity contribution < 1.29 is 19.8 Å². The van der Waals surface area contributed by atoms with Crippen molar-refractivity contribution in [2.45, 2.75) is 44.1 Å². The van der Waals surface area contributed by atoms with Crippen LogP contribution in [0.25, 0.3) is 10.1 Å². The van der Waals surface area contributed by atoms with Crippen molar-refractivity contribution in [2.75, 3.05) is 50.8 Å². The van der Waals surface area contributed by atoms with E-state index in [1.54, 1.807) is 16.4 Å². The normalized spacial score (nSPS) is 37.5. The Balaban J connectivity index is 0.991. The second-order valence-electron chi connectivity index (χ2n) is 12.5. The maximum absolute atomic E-state index is 13.5. The highest BCUT2D eigenvalue weighted by Crippen LogP contribution is 2.60. The predicted molar refractivity (Wildman–Crippen MR) is 146 cm³/mol. The van der Waals surface area contributed by atoms with Gasteiger partial charge in [0.25, 0.3) is 0 Å². The number of hydrogen-bond donors (Lipinski definition) is 2. The Morgan fingerprint density at radius 3 is 2.45 bits per heavy atom. The highest BCUT2D eigenvalue weighted by molar-refractivity contribution is 7.13. The number of carbonyl (C=O) groups excluding carboxylic acids is 2. The number of rotatable bonds is 6. The Morgan fingerprint density at radius 1 is 0.974 bits per heavy atom. The molecular formula is C29H38N4O4S. The van der Waals surface area contributed by atoms with Crippen LogP contribution in [-0.4, -0.2) is 87.7 Å². The van der Waals surface area contributed by atoms with Crippen molar-refractivity contribution in [3.05, 3.63) is 24.3 Å². The second kappa shape index (κ2) is 9.54. The first kappa shape index (κ1) is 24.9. The molecule has 0 radical (unpaired) electrons. The lowest BCUT2D eigenvalue weighted by atomic mass is 9.73. The molecule has 2 aromatic rings. The molecule has 2 aliphatic heterocycles. The zero-order chi connectivity index (χ0) is 26.0. The van der Waals surface area contributed by atoms with Crippen LogP contribution < -0.4 is 4.90 Å². The largest absolute Gasteiger partial charge is 0.393 e. The van der Waals surface area contributed by atoms with E-state index >= 15 is 0 Å². The molecule has 1 aromatic carbocycles. The van der Waals surface area contributed by atoms with Crippen LogP contribution in [0.3, 0.4) is 0 Å². The van der Waals surface area contributed by atoms with Gasteiger partial charge in [-0.25, -0.2) is 0 Å². The summed E-state index contributed by atoms with van der Waals surface area (Å²) in [5.74, 6) is 0.862. The number of hydrogen-bond acceptors (Lipinski definition) is 8. The van der Waals surface area contributed by atoms with Crippen molar-refractivity contribution >= 4 is 39.3 Å². The van der Waals surface area contributed by atoms with Crippen molar-refractivity contribution in [3.8, 4) is 0 Å². The molecule has 1 aromatic heterocycles. The molecule has 9 heteroatoms. The number of aromatic nitrogens is 1. The number of benzene rings is 1. The predicted octanol–water partition coefficient (Wildman–Crippen LogP) is 2.59. The molecule has 204 valence electrons. The van der Waals surface area contributed by atoms with E-state index in [0.29, 0.717) is 31.2 Å². The molecule has 5 fully saturated rings. The number of aliphatic hydroxyl groups excluding tert-OH is 1. The maximum Gasteiger partial charge on any atom is 0.233 e. The molecule has 3 aliphatic carbocycles. The average molecular weight is 539 g/mol. The lowest BCUT2D eigenvalue weighted by molar-refractivity contribution is -0.143. The molecule has 3 saturated carbocycles. The highest BCUT2D eigenvalue weighted by atomic mass is 32.1. The minimum Gasteiger partial charge on any atom is -0.393 e. The Labute approximate surface area is 227 Å². The van der Waals surface area contributed by atoms with Crippen LogP contribution >= 0.6 is 11.5 Å². The fourth-order valence-electron chi connectivity index (χ4n) is 8.62. The van der Waals surface area contributed by atoms with E-state index in [9.17, 15) is 19.8 Å². The molecule has 2 amide bonds. The van der Waals surface area contributed by atoms with E-state index in [-0.39, 0.29) is 36.2 Å². The van der Waals surface area contributed by atoms with Gasteiger partial charge in [0, 0.05) is 50.6 Å². The van der Waals surface area contributed by atoms with Crippen LogP contribution in [-0.2, 0) is 9.59 Å². The topological polar surface area (TPSA) is 97.2 Å². The van der Waals surface area contributed by atoms with Gasteiger partial charge in [0.15, 0.2) is 0 Å². The van der Waals surface area contributed by atoms with E-state index in [0.717, 1.165) is 57.8 Å². The summed E-state index contributed by atoms with van der Waals surface area (Å²) in [4.78, 5) is 33.5. The smallest absolute Gasteiger partial charge is 0.233 e. The number of aliphatic hydroxyl groups is 2.